The molecule has 0 heterocycles. The summed E-state index contributed by atoms with van der Waals surface area (Å²) in [7, 11) is 1.66. The molecule has 1 aromatic carbocycles. The highest BCUT2D eigenvalue weighted by molar-refractivity contribution is 5.46. The van der Waals surface area contributed by atoms with Gasteiger partial charge in [-0.2, -0.15) is 0 Å². The molecule has 0 atom stereocenters. The van der Waals surface area contributed by atoms with Gasteiger partial charge >= 0.3 is 0 Å². The molecule has 0 fully saturated rings. The van der Waals surface area contributed by atoms with Crippen LogP contribution in [0.3, 0.4) is 0 Å². The summed E-state index contributed by atoms with van der Waals surface area (Å²) in [5.41, 5.74) is 0.949. The van der Waals surface area contributed by atoms with Crippen LogP contribution in [0, 0.1) is 0 Å². The fourth-order valence-corrected chi connectivity index (χ4v) is 1.83. The Morgan fingerprint density at radius 3 is 2.43 bits per heavy atom. The minimum Gasteiger partial charge on any atom is -0.493 e. The zero-order valence-electron chi connectivity index (χ0n) is 14.2. The molecule has 0 unspecified atom stereocenters. The van der Waals surface area contributed by atoms with Crippen LogP contribution in [0.15, 0.2) is 18.2 Å². The van der Waals surface area contributed by atoms with Gasteiger partial charge in [-0.3, -0.25) is 0 Å². The van der Waals surface area contributed by atoms with Crippen LogP contribution >= 0.6 is 0 Å². The number of ether oxygens (including phenoxy) is 3. The number of rotatable bonds is 8. The van der Waals surface area contributed by atoms with Crippen molar-refractivity contribution in [1.29, 1.82) is 0 Å². The molecule has 0 aliphatic heterocycles. The topological polar surface area (TPSA) is 39.7 Å². The van der Waals surface area contributed by atoms with Gasteiger partial charge in [-0.1, -0.05) is 26.0 Å². The first-order chi connectivity index (χ1) is 9.83. The average molecular weight is 295 g/mol. The lowest BCUT2D eigenvalue weighted by atomic mass is 10.1. The van der Waals surface area contributed by atoms with Crippen LogP contribution in [0.4, 0.5) is 0 Å². The molecule has 0 aliphatic carbocycles. The Balaban J connectivity index is 2.68. The Labute approximate surface area is 128 Å². The molecule has 120 valence electrons. The summed E-state index contributed by atoms with van der Waals surface area (Å²) in [5.74, 6) is 1.56. The van der Waals surface area contributed by atoms with Gasteiger partial charge < -0.3 is 19.5 Å². The van der Waals surface area contributed by atoms with Crippen LogP contribution in [0.5, 0.6) is 11.5 Å². The molecular weight excluding hydrogens is 266 g/mol. The van der Waals surface area contributed by atoms with Crippen LogP contribution < -0.4 is 14.8 Å². The van der Waals surface area contributed by atoms with Crippen LogP contribution in [0.25, 0.3) is 0 Å². The van der Waals surface area contributed by atoms with Gasteiger partial charge in [0.2, 0.25) is 0 Å². The quantitative estimate of drug-likeness (QED) is 0.746. The first kappa shape index (κ1) is 17.8. The van der Waals surface area contributed by atoms with E-state index < -0.39 is 0 Å². The molecule has 21 heavy (non-hydrogen) atoms. The second-order valence-corrected chi connectivity index (χ2v) is 6.29. The summed E-state index contributed by atoms with van der Waals surface area (Å²) in [6.07, 6.45) is 0. The van der Waals surface area contributed by atoms with E-state index in [2.05, 4.69) is 25.2 Å². The zero-order chi connectivity index (χ0) is 15.9. The van der Waals surface area contributed by atoms with Crippen LogP contribution in [0.2, 0.25) is 0 Å². The van der Waals surface area contributed by atoms with E-state index in [0.717, 1.165) is 23.6 Å². The normalized spacial score (nSPS) is 11.8. The predicted octanol–water partition coefficient (Wildman–Crippen LogP) is 3.39. The van der Waals surface area contributed by atoms with E-state index in [-0.39, 0.29) is 5.60 Å². The minimum atomic E-state index is -0.147. The van der Waals surface area contributed by atoms with Gasteiger partial charge in [0.05, 0.1) is 19.3 Å². The second kappa shape index (κ2) is 8.25. The highest BCUT2D eigenvalue weighted by atomic mass is 16.5. The number of hydrogen-bond acceptors (Lipinski definition) is 4. The van der Waals surface area contributed by atoms with Crippen LogP contribution in [-0.4, -0.2) is 32.0 Å². The lowest BCUT2D eigenvalue weighted by Gasteiger charge is -2.21. The maximum atomic E-state index is 5.90. The number of hydrogen-bond donors (Lipinski definition) is 1. The van der Waals surface area contributed by atoms with Crippen molar-refractivity contribution in [2.24, 2.45) is 0 Å². The first-order valence-corrected chi connectivity index (χ1v) is 7.49. The van der Waals surface area contributed by atoms with Crippen molar-refractivity contribution >= 4 is 0 Å². The van der Waals surface area contributed by atoms with Crippen molar-refractivity contribution in [3.8, 4) is 11.5 Å². The number of para-hydroxylation sites is 1. The molecule has 4 nitrogen and oxygen atoms in total. The van der Waals surface area contributed by atoms with Crippen molar-refractivity contribution in [3.63, 3.8) is 0 Å². The van der Waals surface area contributed by atoms with E-state index >= 15 is 0 Å². The molecule has 1 N–H and O–H groups in total. The van der Waals surface area contributed by atoms with Crippen LogP contribution in [-0.2, 0) is 11.3 Å². The summed E-state index contributed by atoms with van der Waals surface area (Å²) in [4.78, 5) is 0. The van der Waals surface area contributed by atoms with E-state index in [9.17, 15) is 0 Å². The summed E-state index contributed by atoms with van der Waals surface area (Å²) >= 11 is 0. The van der Waals surface area contributed by atoms with Crippen molar-refractivity contribution in [2.45, 2.75) is 52.8 Å². The standard InChI is InChI=1S/C17H29NO3/c1-13(2)18-12-14-8-7-9-15(19-6)16(14)20-10-11-21-17(3,4)5/h7-9,13,18H,10-12H2,1-6H3. The molecule has 0 aromatic heterocycles. The van der Waals surface area contributed by atoms with Gasteiger partial charge in [0.15, 0.2) is 11.5 Å². The Morgan fingerprint density at radius 2 is 1.86 bits per heavy atom. The SMILES string of the molecule is COc1cccc(CNC(C)C)c1OCCOC(C)(C)C. The smallest absolute Gasteiger partial charge is 0.165 e. The number of nitrogens with one attached hydrogen (secondary N) is 1. The molecule has 1 aromatic rings. The third-order valence-electron chi connectivity index (χ3n) is 2.85. The third-order valence-corrected chi connectivity index (χ3v) is 2.85. The molecule has 4 heteroatoms. The fourth-order valence-electron chi connectivity index (χ4n) is 1.83. The van der Waals surface area contributed by atoms with E-state index in [1.165, 1.54) is 0 Å². The lowest BCUT2D eigenvalue weighted by molar-refractivity contribution is -0.0166. The molecule has 0 amide bonds. The molecule has 0 radical (unpaired) electrons. The maximum Gasteiger partial charge on any atom is 0.165 e. The van der Waals surface area contributed by atoms with Gasteiger partial charge in [0.1, 0.15) is 6.61 Å². The zero-order valence-corrected chi connectivity index (χ0v) is 14.2. The first-order valence-electron chi connectivity index (χ1n) is 7.49. The number of benzene rings is 1. The van der Waals surface area contributed by atoms with E-state index in [1.54, 1.807) is 7.11 Å². The molecule has 0 spiro atoms. The van der Waals surface area contributed by atoms with Gasteiger partial charge in [0, 0.05) is 18.2 Å². The number of methoxy groups -OCH3 is 1. The van der Waals surface area contributed by atoms with Crippen molar-refractivity contribution in [1.82, 2.24) is 5.32 Å². The van der Waals surface area contributed by atoms with Gasteiger partial charge in [-0.25, -0.2) is 0 Å². The molecule has 1 rings (SSSR count). The summed E-state index contributed by atoms with van der Waals surface area (Å²) in [6.45, 7) is 12.2. The summed E-state index contributed by atoms with van der Waals surface area (Å²) in [6, 6.07) is 6.37. The Bertz CT molecular complexity index is 425. The lowest BCUT2D eigenvalue weighted by Crippen LogP contribution is -2.24. The van der Waals surface area contributed by atoms with Gasteiger partial charge in [-0.05, 0) is 26.8 Å². The third kappa shape index (κ3) is 6.82. The monoisotopic (exact) mass is 295 g/mol. The van der Waals surface area contributed by atoms with Gasteiger partial charge in [0.25, 0.3) is 0 Å². The molecule has 0 bridgehead atoms. The van der Waals surface area contributed by atoms with Crippen molar-refractivity contribution in [2.75, 3.05) is 20.3 Å². The largest absolute Gasteiger partial charge is 0.493 e. The highest BCUT2D eigenvalue weighted by Crippen LogP contribution is 2.31. The summed E-state index contributed by atoms with van der Waals surface area (Å²) < 4.78 is 17.0. The maximum absolute atomic E-state index is 5.90. The molecule has 0 saturated heterocycles. The van der Waals surface area contributed by atoms with E-state index in [0.29, 0.717) is 19.3 Å². The van der Waals surface area contributed by atoms with E-state index in [1.807, 2.05) is 32.9 Å². The van der Waals surface area contributed by atoms with Crippen LogP contribution in [0.1, 0.15) is 40.2 Å². The average Bonchev–Trinajstić information content (AvgIpc) is 2.40. The minimum absolute atomic E-state index is 0.147. The van der Waals surface area contributed by atoms with E-state index in [4.69, 9.17) is 14.2 Å². The fraction of sp³-hybridized carbons (Fsp3) is 0.647. The van der Waals surface area contributed by atoms with Crippen molar-refractivity contribution in [3.05, 3.63) is 23.8 Å². The molecule has 0 saturated carbocycles. The summed E-state index contributed by atoms with van der Waals surface area (Å²) in [5, 5.41) is 3.40. The Kier molecular flexibility index (Phi) is 6.99. The second-order valence-electron chi connectivity index (χ2n) is 6.29. The van der Waals surface area contributed by atoms with Gasteiger partial charge in [-0.15, -0.1) is 0 Å². The molecular formula is C17H29NO3. The van der Waals surface area contributed by atoms with Crippen molar-refractivity contribution < 1.29 is 14.2 Å². The Hall–Kier alpha value is -1.26. The highest BCUT2D eigenvalue weighted by Gasteiger charge is 2.13. The predicted molar refractivity (Wildman–Crippen MR) is 86.2 cm³/mol. The Morgan fingerprint density at radius 1 is 1.14 bits per heavy atom. The molecule has 0 aliphatic rings.